The first-order chi connectivity index (χ1) is 11.9. The van der Waals surface area contributed by atoms with Crippen molar-refractivity contribution < 1.29 is 13.5 Å². The molecule has 132 valence electrons. The predicted octanol–water partition coefficient (Wildman–Crippen LogP) is 2.88. The van der Waals surface area contributed by atoms with Gasteiger partial charge in [-0.1, -0.05) is 65.8 Å². The highest BCUT2D eigenvalue weighted by Crippen LogP contribution is 2.29. The van der Waals surface area contributed by atoms with Gasteiger partial charge in [-0.15, -0.1) is 0 Å². The summed E-state index contributed by atoms with van der Waals surface area (Å²) < 4.78 is 28.4. The van der Waals surface area contributed by atoms with Crippen LogP contribution in [0.5, 0.6) is 0 Å². The fourth-order valence-corrected chi connectivity index (χ4v) is 4.50. The lowest BCUT2D eigenvalue weighted by molar-refractivity contribution is 0.102. The van der Waals surface area contributed by atoms with Crippen LogP contribution in [0, 0.1) is 18.8 Å². The van der Waals surface area contributed by atoms with Crippen LogP contribution in [0.4, 0.5) is 0 Å². The molecule has 0 aromatic heterocycles. The van der Waals surface area contributed by atoms with Gasteiger partial charge >= 0.3 is 0 Å². The number of aliphatic hydroxyl groups is 1. The molecule has 4 nitrogen and oxygen atoms in total. The maximum Gasteiger partial charge on any atom is 0.240 e. The van der Waals surface area contributed by atoms with Gasteiger partial charge in [0.1, 0.15) is 0 Å². The van der Waals surface area contributed by atoms with Crippen molar-refractivity contribution in [2.75, 3.05) is 0 Å². The van der Waals surface area contributed by atoms with E-state index in [1.165, 1.54) is 0 Å². The highest BCUT2D eigenvalue weighted by molar-refractivity contribution is 7.89. The highest BCUT2D eigenvalue weighted by Gasteiger charge is 2.36. The van der Waals surface area contributed by atoms with E-state index in [0.717, 1.165) is 11.1 Å². The van der Waals surface area contributed by atoms with E-state index in [4.69, 9.17) is 0 Å². The monoisotopic (exact) mass is 357 g/mol. The molecular weight excluding hydrogens is 334 g/mol. The zero-order chi connectivity index (χ0) is 18.0. The van der Waals surface area contributed by atoms with Crippen molar-refractivity contribution in [1.82, 2.24) is 4.72 Å². The van der Waals surface area contributed by atoms with Gasteiger partial charge in [0, 0.05) is 11.8 Å². The summed E-state index contributed by atoms with van der Waals surface area (Å²) in [4.78, 5) is 0.205. The molecular formula is C20H23NO3S. The van der Waals surface area contributed by atoms with Crippen LogP contribution in [-0.2, 0) is 10.0 Å². The fourth-order valence-electron chi connectivity index (χ4n) is 3.23. The number of nitrogens with one attached hydrogen (secondary N) is 1. The number of aliphatic hydroxyl groups excluding tert-OH is 1. The van der Waals surface area contributed by atoms with E-state index < -0.39 is 22.2 Å². The van der Waals surface area contributed by atoms with E-state index in [9.17, 15) is 13.5 Å². The molecule has 1 aromatic carbocycles. The van der Waals surface area contributed by atoms with Crippen molar-refractivity contribution >= 4 is 10.0 Å². The lowest BCUT2D eigenvalue weighted by Crippen LogP contribution is -2.49. The van der Waals surface area contributed by atoms with Gasteiger partial charge in [-0.3, -0.25) is 0 Å². The SMILES string of the molecule is CC1=CC=CC1[C@@H](NS(=O)(=O)c1ccc(C)cc1)[C@@H](O)C1C=CC=C1. The predicted molar refractivity (Wildman–Crippen MR) is 99.5 cm³/mol. The molecule has 0 fully saturated rings. The smallest absolute Gasteiger partial charge is 0.240 e. The first kappa shape index (κ1) is 17.9. The number of benzene rings is 1. The number of allylic oxidation sites excluding steroid dienone is 4. The maximum atomic E-state index is 12.8. The van der Waals surface area contributed by atoms with Crippen LogP contribution < -0.4 is 4.72 Å². The van der Waals surface area contributed by atoms with Gasteiger partial charge in [0.2, 0.25) is 10.0 Å². The minimum atomic E-state index is -3.73. The van der Waals surface area contributed by atoms with Crippen molar-refractivity contribution in [3.05, 3.63) is 77.9 Å². The third-order valence-corrected chi connectivity index (χ3v) is 6.23. The molecule has 0 saturated carbocycles. The second kappa shape index (κ2) is 7.12. The molecule has 2 aliphatic rings. The second-order valence-corrected chi connectivity index (χ2v) is 8.33. The van der Waals surface area contributed by atoms with Gasteiger partial charge in [0.25, 0.3) is 0 Å². The Morgan fingerprint density at radius 2 is 1.64 bits per heavy atom. The fraction of sp³-hybridized carbons (Fsp3) is 0.300. The Hall–Kier alpha value is -1.95. The van der Waals surface area contributed by atoms with E-state index in [-0.39, 0.29) is 16.7 Å². The summed E-state index contributed by atoms with van der Waals surface area (Å²) in [5.41, 5.74) is 2.02. The number of sulfonamides is 1. The summed E-state index contributed by atoms with van der Waals surface area (Å²) in [6, 6.07) is 6.07. The van der Waals surface area contributed by atoms with Crippen LogP contribution >= 0.6 is 0 Å². The second-order valence-electron chi connectivity index (χ2n) is 6.62. The van der Waals surface area contributed by atoms with Crippen LogP contribution in [0.15, 0.2) is 77.3 Å². The number of hydrogen-bond donors (Lipinski definition) is 2. The molecule has 3 rings (SSSR count). The summed E-state index contributed by atoms with van der Waals surface area (Å²) >= 11 is 0. The van der Waals surface area contributed by atoms with Crippen molar-refractivity contribution in [3.8, 4) is 0 Å². The van der Waals surface area contributed by atoms with Crippen molar-refractivity contribution in [2.24, 2.45) is 11.8 Å². The number of hydrogen-bond acceptors (Lipinski definition) is 3. The van der Waals surface area contributed by atoms with Crippen LogP contribution in [-0.4, -0.2) is 25.7 Å². The number of rotatable bonds is 6. The molecule has 0 amide bonds. The van der Waals surface area contributed by atoms with Gasteiger partial charge in [-0.25, -0.2) is 13.1 Å². The quantitative estimate of drug-likeness (QED) is 0.823. The Kier molecular flexibility index (Phi) is 5.08. The van der Waals surface area contributed by atoms with Gasteiger partial charge < -0.3 is 5.11 Å². The minimum absolute atomic E-state index is 0.169. The van der Waals surface area contributed by atoms with Crippen LogP contribution in [0.3, 0.4) is 0 Å². The third-order valence-electron chi connectivity index (χ3n) is 4.75. The van der Waals surface area contributed by atoms with Crippen molar-refractivity contribution in [2.45, 2.75) is 30.9 Å². The molecule has 0 aliphatic heterocycles. The zero-order valence-electron chi connectivity index (χ0n) is 14.3. The molecule has 1 unspecified atom stereocenters. The van der Waals surface area contributed by atoms with Gasteiger partial charge in [0.05, 0.1) is 17.0 Å². The largest absolute Gasteiger partial charge is 0.390 e. The molecule has 0 spiro atoms. The molecule has 0 heterocycles. The van der Waals surface area contributed by atoms with E-state index in [0.29, 0.717) is 0 Å². The third kappa shape index (κ3) is 3.84. The zero-order valence-corrected chi connectivity index (χ0v) is 15.1. The Morgan fingerprint density at radius 3 is 2.20 bits per heavy atom. The minimum Gasteiger partial charge on any atom is -0.390 e. The van der Waals surface area contributed by atoms with E-state index in [1.807, 2.05) is 56.4 Å². The van der Waals surface area contributed by atoms with E-state index in [2.05, 4.69) is 4.72 Å². The first-order valence-corrected chi connectivity index (χ1v) is 9.84. The molecule has 2 N–H and O–H groups in total. The van der Waals surface area contributed by atoms with Crippen molar-refractivity contribution in [3.63, 3.8) is 0 Å². The van der Waals surface area contributed by atoms with E-state index in [1.54, 1.807) is 24.3 Å². The molecule has 0 bridgehead atoms. The standard InChI is InChI=1S/C20H23NO3S/c1-14-10-12-17(13-11-14)25(23,24)21-19(18-9-5-6-15(18)2)20(22)16-7-3-4-8-16/h3-13,16,18-22H,1-2H3/t18?,19-,20+/m1/s1. The summed E-state index contributed by atoms with van der Waals surface area (Å²) in [6.45, 7) is 3.86. The summed E-state index contributed by atoms with van der Waals surface area (Å²) in [5, 5.41) is 10.9. The lowest BCUT2D eigenvalue weighted by Gasteiger charge is -2.31. The molecule has 0 saturated heterocycles. The Morgan fingerprint density at radius 1 is 1.00 bits per heavy atom. The average Bonchev–Trinajstić information content (AvgIpc) is 3.24. The normalized spacial score (nSPS) is 22.4. The Labute approximate surface area is 149 Å². The molecule has 0 radical (unpaired) electrons. The summed E-state index contributed by atoms with van der Waals surface area (Å²) in [6.07, 6.45) is 12.4. The molecule has 3 atom stereocenters. The maximum absolute atomic E-state index is 12.8. The summed E-state index contributed by atoms with van der Waals surface area (Å²) in [5.74, 6) is -0.370. The van der Waals surface area contributed by atoms with Crippen LogP contribution in [0.1, 0.15) is 12.5 Å². The summed E-state index contributed by atoms with van der Waals surface area (Å²) in [7, 11) is -3.73. The Balaban J connectivity index is 1.90. The average molecular weight is 357 g/mol. The topological polar surface area (TPSA) is 66.4 Å². The molecule has 5 heteroatoms. The van der Waals surface area contributed by atoms with E-state index >= 15 is 0 Å². The van der Waals surface area contributed by atoms with Crippen LogP contribution in [0.25, 0.3) is 0 Å². The van der Waals surface area contributed by atoms with Gasteiger partial charge in [-0.05, 0) is 26.0 Å². The van der Waals surface area contributed by atoms with Gasteiger partial charge in [0.15, 0.2) is 0 Å². The Bertz CT molecular complexity index is 835. The van der Waals surface area contributed by atoms with Crippen molar-refractivity contribution in [1.29, 1.82) is 0 Å². The molecule has 2 aliphatic carbocycles. The van der Waals surface area contributed by atoms with Gasteiger partial charge in [-0.2, -0.15) is 0 Å². The molecule has 25 heavy (non-hydrogen) atoms. The molecule has 1 aromatic rings. The first-order valence-electron chi connectivity index (χ1n) is 8.35. The lowest BCUT2D eigenvalue weighted by atomic mass is 9.86. The van der Waals surface area contributed by atoms with Crippen LogP contribution in [0.2, 0.25) is 0 Å². The number of aryl methyl sites for hydroxylation is 1. The highest BCUT2D eigenvalue weighted by atomic mass is 32.2.